The molecule has 0 aromatic carbocycles. The summed E-state index contributed by atoms with van der Waals surface area (Å²) in [6.07, 6.45) is 4.63. The smallest absolute Gasteiger partial charge is 0.0949 e. The van der Waals surface area contributed by atoms with Gasteiger partial charge in [0.1, 0.15) is 0 Å². The van der Waals surface area contributed by atoms with E-state index in [9.17, 15) is 0 Å². The Morgan fingerprint density at radius 2 is 2.10 bits per heavy atom. The summed E-state index contributed by atoms with van der Waals surface area (Å²) in [6, 6.07) is 1.98. The van der Waals surface area contributed by atoms with Gasteiger partial charge in [-0.25, -0.2) is 4.68 Å². The van der Waals surface area contributed by atoms with Gasteiger partial charge in [-0.15, -0.1) is 5.10 Å². The second-order valence-electron chi connectivity index (χ2n) is 4.39. The third kappa shape index (κ3) is 3.45. The van der Waals surface area contributed by atoms with Crippen molar-refractivity contribution in [1.82, 2.24) is 25.3 Å². The first-order valence-corrected chi connectivity index (χ1v) is 8.18. The summed E-state index contributed by atoms with van der Waals surface area (Å²) >= 11 is 7.01. The van der Waals surface area contributed by atoms with Crippen LogP contribution in [-0.2, 0) is 6.54 Å². The van der Waals surface area contributed by atoms with Crippen LogP contribution in [0, 0.1) is 0 Å². The van der Waals surface area contributed by atoms with Gasteiger partial charge in [0.25, 0.3) is 0 Å². The summed E-state index contributed by atoms with van der Waals surface area (Å²) in [6.45, 7) is 5.90. The zero-order valence-electron chi connectivity index (χ0n) is 11.5. The fourth-order valence-electron chi connectivity index (χ4n) is 2.06. The molecule has 0 radical (unpaired) electrons. The third-order valence-electron chi connectivity index (χ3n) is 2.90. The van der Waals surface area contributed by atoms with Crippen LogP contribution in [0.4, 0.5) is 0 Å². The predicted molar refractivity (Wildman–Crippen MR) is 85.5 cm³/mol. The molecule has 2 rings (SSSR count). The first-order valence-electron chi connectivity index (χ1n) is 6.60. The molecule has 1 N–H and O–H groups in total. The summed E-state index contributed by atoms with van der Waals surface area (Å²) < 4.78 is 3.84. The van der Waals surface area contributed by atoms with Gasteiger partial charge in [0.05, 0.1) is 23.6 Å². The molecule has 0 amide bonds. The molecule has 2 heterocycles. The molecule has 2 aromatic rings. The number of pyridine rings is 1. The normalized spacial score (nSPS) is 12.6. The molecule has 2 aromatic heterocycles. The molecule has 0 fully saturated rings. The summed E-state index contributed by atoms with van der Waals surface area (Å²) in [5.41, 5.74) is 1.97. The summed E-state index contributed by atoms with van der Waals surface area (Å²) in [5.74, 6) is 0. The van der Waals surface area contributed by atoms with Crippen molar-refractivity contribution in [3.05, 3.63) is 38.8 Å². The minimum atomic E-state index is -0.0241. The van der Waals surface area contributed by atoms with Crippen molar-refractivity contribution in [1.29, 1.82) is 0 Å². The average molecular weight is 403 g/mol. The van der Waals surface area contributed by atoms with Crippen LogP contribution in [0.1, 0.15) is 37.7 Å². The molecule has 7 heteroatoms. The van der Waals surface area contributed by atoms with E-state index < -0.39 is 0 Å². The molecule has 0 aliphatic heterocycles. The van der Waals surface area contributed by atoms with Crippen molar-refractivity contribution in [3.8, 4) is 0 Å². The molecule has 1 atom stereocenters. The van der Waals surface area contributed by atoms with Crippen molar-refractivity contribution in [3.63, 3.8) is 0 Å². The van der Waals surface area contributed by atoms with Gasteiger partial charge in [0.2, 0.25) is 0 Å². The van der Waals surface area contributed by atoms with E-state index in [0.717, 1.165) is 39.8 Å². The van der Waals surface area contributed by atoms with Gasteiger partial charge in [-0.3, -0.25) is 4.98 Å². The van der Waals surface area contributed by atoms with Crippen LogP contribution in [0.3, 0.4) is 0 Å². The summed E-state index contributed by atoms with van der Waals surface area (Å²) in [5, 5.41) is 11.6. The number of rotatable bonds is 6. The van der Waals surface area contributed by atoms with Crippen LogP contribution < -0.4 is 5.32 Å². The molecule has 5 nitrogen and oxygen atoms in total. The lowest BCUT2D eigenvalue weighted by atomic mass is 10.1. The highest BCUT2D eigenvalue weighted by Gasteiger charge is 2.21. The number of halogens is 2. The Morgan fingerprint density at radius 3 is 2.75 bits per heavy atom. The average Bonchev–Trinajstić information content (AvgIpc) is 2.85. The maximum Gasteiger partial charge on any atom is 0.0949 e. The zero-order chi connectivity index (χ0) is 14.5. The van der Waals surface area contributed by atoms with Crippen LogP contribution in [0.2, 0.25) is 0 Å². The molecule has 108 valence electrons. The molecule has 0 saturated carbocycles. The van der Waals surface area contributed by atoms with E-state index >= 15 is 0 Å². The fourth-order valence-corrected chi connectivity index (χ4v) is 3.27. The fraction of sp³-hybridized carbons (Fsp3) is 0.462. The Kier molecular flexibility index (Phi) is 5.68. The molecule has 0 aliphatic carbocycles. The van der Waals surface area contributed by atoms with Gasteiger partial charge in [-0.05, 0) is 50.9 Å². The van der Waals surface area contributed by atoms with Gasteiger partial charge in [-0.1, -0.05) is 19.1 Å². The van der Waals surface area contributed by atoms with Crippen LogP contribution in [-0.4, -0.2) is 26.5 Å². The van der Waals surface area contributed by atoms with Gasteiger partial charge >= 0.3 is 0 Å². The summed E-state index contributed by atoms with van der Waals surface area (Å²) in [4.78, 5) is 4.53. The van der Waals surface area contributed by atoms with E-state index in [1.165, 1.54) is 0 Å². The van der Waals surface area contributed by atoms with Gasteiger partial charge in [0.15, 0.2) is 0 Å². The quantitative estimate of drug-likeness (QED) is 0.805. The molecule has 0 aliphatic rings. The third-order valence-corrected chi connectivity index (χ3v) is 3.97. The van der Waals surface area contributed by atoms with Crippen LogP contribution in [0.15, 0.2) is 27.4 Å². The van der Waals surface area contributed by atoms with Crippen LogP contribution in [0.5, 0.6) is 0 Å². The Labute approximate surface area is 135 Å². The molecule has 20 heavy (non-hydrogen) atoms. The SMILES string of the molecule is CCCn1nncc1C(NCC)c1ncc(Br)cc1Br. The highest BCUT2D eigenvalue weighted by molar-refractivity contribution is 9.11. The van der Waals surface area contributed by atoms with E-state index in [1.807, 2.05) is 10.7 Å². The highest BCUT2D eigenvalue weighted by Crippen LogP contribution is 2.28. The van der Waals surface area contributed by atoms with E-state index in [4.69, 9.17) is 0 Å². The number of aryl methyl sites for hydroxylation is 1. The first-order chi connectivity index (χ1) is 9.67. The maximum absolute atomic E-state index is 4.53. The Hall–Kier alpha value is -0.790. The van der Waals surface area contributed by atoms with Crippen molar-refractivity contribution in [2.75, 3.05) is 6.54 Å². The largest absolute Gasteiger partial charge is 0.304 e. The highest BCUT2D eigenvalue weighted by atomic mass is 79.9. The molecular formula is C13H17Br2N5. The minimum absolute atomic E-state index is 0.0241. The standard InChI is InChI=1S/C13H17Br2N5/c1-3-5-20-11(8-18-19-20)13(16-4-2)12-10(15)6-9(14)7-17-12/h6-8,13,16H,3-5H2,1-2H3. The molecular weight excluding hydrogens is 386 g/mol. The number of nitrogens with one attached hydrogen (secondary N) is 1. The van der Waals surface area contributed by atoms with Crippen molar-refractivity contribution >= 4 is 31.9 Å². The topological polar surface area (TPSA) is 55.6 Å². The zero-order valence-corrected chi connectivity index (χ0v) is 14.6. The van der Waals surface area contributed by atoms with Crippen molar-refractivity contribution < 1.29 is 0 Å². The van der Waals surface area contributed by atoms with E-state index in [-0.39, 0.29) is 6.04 Å². The lowest BCUT2D eigenvalue weighted by Crippen LogP contribution is -2.26. The molecule has 1 unspecified atom stereocenters. The number of nitrogens with zero attached hydrogens (tertiary/aromatic N) is 4. The second-order valence-corrected chi connectivity index (χ2v) is 6.16. The lowest BCUT2D eigenvalue weighted by molar-refractivity contribution is 0.505. The molecule has 0 spiro atoms. The predicted octanol–water partition coefficient (Wildman–Crippen LogP) is 3.31. The maximum atomic E-state index is 4.53. The Balaban J connectivity index is 2.42. The lowest BCUT2D eigenvalue weighted by Gasteiger charge is -2.19. The number of aromatic nitrogens is 4. The van der Waals surface area contributed by atoms with E-state index in [2.05, 4.69) is 66.3 Å². The molecule has 0 bridgehead atoms. The molecule has 0 saturated heterocycles. The van der Waals surface area contributed by atoms with Crippen LogP contribution in [0.25, 0.3) is 0 Å². The number of hydrogen-bond acceptors (Lipinski definition) is 4. The second kappa shape index (κ2) is 7.28. The van der Waals surface area contributed by atoms with Gasteiger partial charge < -0.3 is 5.32 Å². The van der Waals surface area contributed by atoms with E-state index in [0.29, 0.717) is 0 Å². The Morgan fingerprint density at radius 1 is 1.30 bits per heavy atom. The van der Waals surface area contributed by atoms with Gasteiger partial charge in [-0.2, -0.15) is 0 Å². The number of hydrogen-bond donors (Lipinski definition) is 1. The first kappa shape index (κ1) is 15.6. The van der Waals surface area contributed by atoms with Crippen molar-refractivity contribution in [2.45, 2.75) is 32.9 Å². The van der Waals surface area contributed by atoms with Gasteiger partial charge in [0, 0.05) is 21.7 Å². The monoisotopic (exact) mass is 401 g/mol. The van der Waals surface area contributed by atoms with Crippen LogP contribution >= 0.6 is 31.9 Å². The van der Waals surface area contributed by atoms with Crippen molar-refractivity contribution in [2.24, 2.45) is 0 Å². The Bertz CT molecular complexity index is 570. The minimum Gasteiger partial charge on any atom is -0.304 e. The van der Waals surface area contributed by atoms with E-state index in [1.54, 1.807) is 12.4 Å². The summed E-state index contributed by atoms with van der Waals surface area (Å²) in [7, 11) is 0.